The van der Waals surface area contributed by atoms with Crippen molar-refractivity contribution in [1.29, 1.82) is 0 Å². The van der Waals surface area contributed by atoms with Crippen LogP contribution in [0.4, 0.5) is 4.79 Å². The van der Waals surface area contributed by atoms with Crippen LogP contribution >= 0.6 is 11.6 Å². The third-order valence-corrected chi connectivity index (χ3v) is 4.22. The van der Waals surface area contributed by atoms with Gasteiger partial charge in [-0.05, 0) is 37.1 Å². The van der Waals surface area contributed by atoms with Crippen LogP contribution in [-0.4, -0.2) is 55.2 Å². The summed E-state index contributed by atoms with van der Waals surface area (Å²) in [7, 11) is 0. The zero-order valence-corrected chi connectivity index (χ0v) is 13.5. The molecule has 0 atom stereocenters. The topological polar surface area (TPSA) is 61.9 Å². The van der Waals surface area contributed by atoms with Crippen LogP contribution in [0.25, 0.3) is 0 Å². The lowest BCUT2D eigenvalue weighted by atomic mass is 10.1. The summed E-state index contributed by atoms with van der Waals surface area (Å²) in [6.45, 7) is 6.10. The molecule has 1 N–H and O–H groups in total. The van der Waals surface area contributed by atoms with Crippen LogP contribution in [0.5, 0.6) is 5.75 Å². The Balaban J connectivity index is 1.79. The van der Waals surface area contributed by atoms with E-state index in [0.717, 1.165) is 22.6 Å². The first-order valence-electron chi connectivity index (χ1n) is 7.13. The Hall–Kier alpha value is -1.95. The van der Waals surface area contributed by atoms with Crippen molar-refractivity contribution in [2.24, 2.45) is 0 Å². The molecule has 0 aliphatic carbocycles. The molecule has 0 unspecified atom stereocenters. The van der Waals surface area contributed by atoms with Gasteiger partial charge in [-0.2, -0.15) is 0 Å². The summed E-state index contributed by atoms with van der Waals surface area (Å²) in [6.07, 6.45) is 0.809. The number of hydrogen-bond donors (Lipinski definition) is 1. The minimum Gasteiger partial charge on any atom is -0.473 e. The van der Waals surface area contributed by atoms with Gasteiger partial charge in [0.1, 0.15) is 5.75 Å². The highest BCUT2D eigenvalue weighted by atomic mass is 35.5. The van der Waals surface area contributed by atoms with Gasteiger partial charge in [-0.3, -0.25) is 4.79 Å². The average Bonchev–Trinajstić information content (AvgIpc) is 2.52. The van der Waals surface area contributed by atoms with Crippen molar-refractivity contribution in [2.45, 2.75) is 13.8 Å². The van der Waals surface area contributed by atoms with E-state index in [1.54, 1.807) is 9.80 Å². The van der Waals surface area contributed by atoms with Crippen LogP contribution in [-0.2, 0) is 4.79 Å². The molecule has 22 heavy (non-hydrogen) atoms. The summed E-state index contributed by atoms with van der Waals surface area (Å²) in [5.74, 6) is 0.672. The van der Waals surface area contributed by atoms with Gasteiger partial charge < -0.3 is 19.9 Å². The van der Waals surface area contributed by atoms with Crippen LogP contribution in [0, 0.1) is 13.8 Å². The molecule has 3 amide bonds. The van der Waals surface area contributed by atoms with Crippen LogP contribution in [0.15, 0.2) is 12.1 Å². The van der Waals surface area contributed by atoms with Gasteiger partial charge in [0.2, 0.25) is 6.41 Å². The summed E-state index contributed by atoms with van der Waals surface area (Å²) in [6, 6.07) is 3.49. The molecule has 7 heteroatoms. The molecular weight excluding hydrogens is 306 g/mol. The lowest BCUT2D eigenvalue weighted by molar-refractivity contribution is -0.119. The zero-order valence-electron chi connectivity index (χ0n) is 12.8. The summed E-state index contributed by atoms with van der Waals surface area (Å²) >= 11 is 6.10. The fourth-order valence-electron chi connectivity index (χ4n) is 2.31. The van der Waals surface area contributed by atoms with Gasteiger partial charge in [0.25, 0.3) is 0 Å². The number of amides is 3. The molecule has 1 aromatic rings. The molecule has 1 aromatic carbocycles. The fraction of sp³-hybridized carbons (Fsp3) is 0.467. The Morgan fingerprint density at radius 1 is 1.27 bits per heavy atom. The molecule has 1 saturated heterocycles. The number of ether oxygens (including phenoxy) is 1. The van der Waals surface area contributed by atoms with Crippen LogP contribution in [0.1, 0.15) is 11.1 Å². The number of halogens is 1. The summed E-state index contributed by atoms with van der Waals surface area (Å²) in [5.41, 5.74) is 1.88. The van der Waals surface area contributed by atoms with Crippen molar-refractivity contribution in [3.63, 3.8) is 0 Å². The number of carbonyl (C=O) groups is 2. The summed E-state index contributed by atoms with van der Waals surface area (Å²) < 4.78 is 5.54. The van der Waals surface area contributed by atoms with Crippen molar-refractivity contribution >= 4 is 24.0 Å². The normalized spacial score (nSPS) is 14.7. The second-order valence-corrected chi connectivity index (χ2v) is 5.65. The number of benzene rings is 1. The van der Waals surface area contributed by atoms with Gasteiger partial charge in [0.15, 0.2) is 6.73 Å². The van der Waals surface area contributed by atoms with Gasteiger partial charge in [0.05, 0.1) is 0 Å². The van der Waals surface area contributed by atoms with Gasteiger partial charge >= 0.3 is 6.03 Å². The van der Waals surface area contributed by atoms with Gasteiger partial charge in [-0.25, -0.2) is 4.79 Å². The third kappa shape index (κ3) is 4.04. The highest BCUT2D eigenvalue weighted by Gasteiger charge is 2.19. The van der Waals surface area contributed by atoms with E-state index in [4.69, 9.17) is 16.3 Å². The zero-order chi connectivity index (χ0) is 16.1. The van der Waals surface area contributed by atoms with Crippen molar-refractivity contribution in [2.75, 3.05) is 32.9 Å². The van der Waals surface area contributed by atoms with E-state index in [1.165, 1.54) is 0 Å². The monoisotopic (exact) mass is 325 g/mol. The lowest BCUT2D eigenvalue weighted by Gasteiger charge is -2.32. The summed E-state index contributed by atoms with van der Waals surface area (Å²) in [4.78, 5) is 25.9. The average molecular weight is 326 g/mol. The van der Waals surface area contributed by atoms with Gasteiger partial charge in [-0.15, -0.1) is 0 Å². The molecule has 0 radical (unpaired) electrons. The molecule has 120 valence electrons. The molecule has 1 aliphatic heterocycles. The van der Waals surface area contributed by atoms with Gasteiger partial charge in [0, 0.05) is 31.2 Å². The standard InChI is InChI=1S/C15H20ClN3O3/c1-11-7-13(8-12(2)14(11)16)22-9-17-15(21)19-5-3-18(10-20)4-6-19/h7-8,10H,3-6,9H2,1-2H3,(H,17,21). The minimum absolute atomic E-state index is 0.0905. The molecule has 1 aliphatic rings. The number of hydrogen-bond acceptors (Lipinski definition) is 3. The molecule has 0 aromatic heterocycles. The molecule has 0 bridgehead atoms. The van der Waals surface area contributed by atoms with Crippen molar-refractivity contribution in [1.82, 2.24) is 15.1 Å². The molecule has 2 rings (SSSR count). The Morgan fingerprint density at radius 3 is 2.41 bits per heavy atom. The number of aryl methyl sites for hydroxylation is 2. The molecule has 1 fully saturated rings. The van der Waals surface area contributed by atoms with Crippen molar-refractivity contribution < 1.29 is 14.3 Å². The Kier molecular flexibility index (Phi) is 5.49. The summed E-state index contributed by atoms with van der Waals surface area (Å²) in [5, 5.41) is 3.44. The maximum atomic E-state index is 12.0. The molecule has 0 saturated carbocycles. The second-order valence-electron chi connectivity index (χ2n) is 5.27. The quantitative estimate of drug-likeness (QED) is 0.678. The molecule has 1 heterocycles. The number of piperazine rings is 1. The first kappa shape index (κ1) is 16.4. The largest absolute Gasteiger partial charge is 0.473 e. The van der Waals surface area contributed by atoms with E-state index in [9.17, 15) is 9.59 Å². The SMILES string of the molecule is Cc1cc(OCNC(=O)N2CCN(C=O)CC2)cc(C)c1Cl. The molecule has 6 nitrogen and oxygen atoms in total. The Labute approximate surface area is 135 Å². The highest BCUT2D eigenvalue weighted by molar-refractivity contribution is 6.32. The predicted octanol–water partition coefficient (Wildman–Crippen LogP) is 1.78. The number of carbonyl (C=O) groups excluding carboxylic acids is 2. The minimum atomic E-state index is -0.187. The molecule has 0 spiro atoms. The number of nitrogens with zero attached hydrogens (tertiary/aromatic N) is 2. The number of nitrogens with one attached hydrogen (secondary N) is 1. The van der Waals surface area contributed by atoms with Crippen LogP contribution in [0.3, 0.4) is 0 Å². The predicted molar refractivity (Wildman–Crippen MR) is 84.2 cm³/mol. The number of urea groups is 1. The first-order chi connectivity index (χ1) is 10.5. The highest BCUT2D eigenvalue weighted by Crippen LogP contribution is 2.25. The van der Waals surface area contributed by atoms with E-state index in [-0.39, 0.29) is 12.8 Å². The molecular formula is C15H20ClN3O3. The van der Waals surface area contributed by atoms with E-state index < -0.39 is 0 Å². The maximum absolute atomic E-state index is 12.0. The number of rotatable bonds is 4. The third-order valence-electron chi connectivity index (χ3n) is 3.62. The maximum Gasteiger partial charge on any atom is 0.320 e. The smallest absolute Gasteiger partial charge is 0.320 e. The Bertz CT molecular complexity index is 534. The van der Waals surface area contributed by atoms with Crippen molar-refractivity contribution in [3.8, 4) is 5.75 Å². The van der Waals surface area contributed by atoms with Crippen LogP contribution in [0.2, 0.25) is 5.02 Å². The fourth-order valence-corrected chi connectivity index (χ4v) is 2.42. The first-order valence-corrected chi connectivity index (χ1v) is 7.50. The lowest BCUT2D eigenvalue weighted by Crippen LogP contribution is -2.51. The van der Waals surface area contributed by atoms with Crippen LogP contribution < -0.4 is 10.1 Å². The van der Waals surface area contributed by atoms with E-state index in [0.29, 0.717) is 31.9 Å². The van der Waals surface area contributed by atoms with E-state index in [2.05, 4.69) is 5.32 Å². The van der Waals surface area contributed by atoms with Gasteiger partial charge in [-0.1, -0.05) is 11.6 Å². The van der Waals surface area contributed by atoms with Crippen molar-refractivity contribution in [3.05, 3.63) is 28.3 Å². The second kappa shape index (κ2) is 7.35. The Morgan fingerprint density at radius 2 is 1.86 bits per heavy atom. The van der Waals surface area contributed by atoms with E-state index >= 15 is 0 Å². The van der Waals surface area contributed by atoms with E-state index in [1.807, 2.05) is 26.0 Å².